The number of nitrogens with one attached hydrogen (secondary N) is 1. The van der Waals surface area contributed by atoms with E-state index in [0.29, 0.717) is 22.6 Å². The number of benzene rings is 1. The number of nitrogen functional groups attached to an aromatic ring is 1. The molecule has 2 aromatic heterocycles. The van der Waals surface area contributed by atoms with Gasteiger partial charge in [0.25, 0.3) is 0 Å². The molecule has 0 unspecified atom stereocenters. The van der Waals surface area contributed by atoms with E-state index in [-0.39, 0.29) is 5.78 Å². The third kappa shape index (κ3) is 2.63. The monoisotopic (exact) mass is 338 g/mol. The van der Waals surface area contributed by atoms with E-state index in [1.165, 1.54) is 23.8 Å². The molecule has 3 N–H and O–H groups in total. The number of nitrogens with zero attached hydrogens (tertiary/aromatic N) is 2. The van der Waals surface area contributed by atoms with Crippen LogP contribution in [-0.2, 0) is 0 Å². The van der Waals surface area contributed by atoms with E-state index in [4.69, 9.17) is 10.7 Å². The third-order valence-electron chi connectivity index (χ3n) is 4.14. The SMILES string of the molecule is CC(=O)c1sc2nc(NC3CC3)nc(-c3ccc(C)cc3)c2c1N. The number of thiophene rings is 1. The molecule has 2 heterocycles. The predicted molar refractivity (Wildman–Crippen MR) is 98.6 cm³/mol. The molecule has 0 atom stereocenters. The van der Waals surface area contributed by atoms with Crippen molar-refractivity contribution in [3.05, 3.63) is 34.7 Å². The normalized spacial score (nSPS) is 14.1. The number of ketones is 1. The van der Waals surface area contributed by atoms with E-state index in [1.54, 1.807) is 0 Å². The third-order valence-corrected chi connectivity index (χ3v) is 5.34. The maximum absolute atomic E-state index is 11.9. The lowest BCUT2D eigenvalue weighted by Crippen LogP contribution is -2.06. The van der Waals surface area contributed by atoms with Crippen LogP contribution in [0.4, 0.5) is 11.6 Å². The van der Waals surface area contributed by atoms with Crippen molar-refractivity contribution < 1.29 is 4.79 Å². The van der Waals surface area contributed by atoms with Crippen molar-refractivity contribution >= 4 is 39.0 Å². The molecule has 0 amide bonds. The average Bonchev–Trinajstić information content (AvgIpc) is 3.29. The van der Waals surface area contributed by atoms with Gasteiger partial charge in [0.1, 0.15) is 4.83 Å². The number of carbonyl (C=O) groups excluding carboxylic acids is 1. The summed E-state index contributed by atoms with van der Waals surface area (Å²) in [6.45, 7) is 3.58. The summed E-state index contributed by atoms with van der Waals surface area (Å²) in [5, 5.41) is 4.12. The second-order valence-corrected chi connectivity index (χ2v) is 7.26. The number of rotatable bonds is 4. The van der Waals surface area contributed by atoms with E-state index < -0.39 is 0 Å². The minimum absolute atomic E-state index is 0.0398. The number of nitrogens with two attached hydrogens (primary N) is 1. The van der Waals surface area contributed by atoms with Gasteiger partial charge in [-0.2, -0.15) is 0 Å². The van der Waals surface area contributed by atoms with Crippen molar-refractivity contribution in [2.75, 3.05) is 11.1 Å². The van der Waals surface area contributed by atoms with E-state index >= 15 is 0 Å². The molecule has 1 fully saturated rings. The highest BCUT2D eigenvalue weighted by Gasteiger charge is 2.24. The van der Waals surface area contributed by atoms with Gasteiger partial charge in [0.05, 0.1) is 21.6 Å². The Morgan fingerprint density at radius 2 is 1.96 bits per heavy atom. The molecule has 1 aliphatic rings. The minimum atomic E-state index is -0.0398. The van der Waals surface area contributed by atoms with Crippen LogP contribution in [0.2, 0.25) is 0 Å². The highest BCUT2D eigenvalue weighted by atomic mass is 32.1. The van der Waals surface area contributed by atoms with Crippen LogP contribution >= 0.6 is 11.3 Å². The molecule has 4 rings (SSSR count). The summed E-state index contributed by atoms with van der Waals surface area (Å²) in [7, 11) is 0. The smallest absolute Gasteiger partial charge is 0.224 e. The van der Waals surface area contributed by atoms with Gasteiger partial charge in [0.15, 0.2) is 5.78 Å². The first kappa shape index (κ1) is 15.1. The summed E-state index contributed by atoms with van der Waals surface area (Å²) in [6, 6.07) is 8.61. The van der Waals surface area contributed by atoms with Gasteiger partial charge in [-0.05, 0) is 19.8 Å². The van der Waals surface area contributed by atoms with Crippen LogP contribution in [0.5, 0.6) is 0 Å². The number of anilines is 2. The van der Waals surface area contributed by atoms with E-state index in [1.807, 2.05) is 31.2 Å². The van der Waals surface area contributed by atoms with E-state index in [0.717, 1.165) is 34.3 Å². The van der Waals surface area contributed by atoms with Crippen LogP contribution in [0.3, 0.4) is 0 Å². The maximum Gasteiger partial charge on any atom is 0.224 e. The number of hydrogen-bond acceptors (Lipinski definition) is 6. The largest absolute Gasteiger partial charge is 0.397 e. The zero-order valence-electron chi connectivity index (χ0n) is 13.6. The van der Waals surface area contributed by atoms with Gasteiger partial charge in [-0.3, -0.25) is 4.79 Å². The maximum atomic E-state index is 11.9. The van der Waals surface area contributed by atoms with Crippen molar-refractivity contribution in [1.82, 2.24) is 9.97 Å². The van der Waals surface area contributed by atoms with Crippen LogP contribution in [0.15, 0.2) is 24.3 Å². The van der Waals surface area contributed by atoms with Gasteiger partial charge < -0.3 is 11.1 Å². The van der Waals surface area contributed by atoms with Gasteiger partial charge >= 0.3 is 0 Å². The van der Waals surface area contributed by atoms with Gasteiger partial charge in [-0.15, -0.1) is 11.3 Å². The predicted octanol–water partition coefficient (Wildman–Crippen LogP) is 4.03. The molecule has 0 bridgehead atoms. The van der Waals surface area contributed by atoms with E-state index in [9.17, 15) is 4.79 Å². The first-order chi connectivity index (χ1) is 11.5. The molecule has 5 nitrogen and oxygen atoms in total. The van der Waals surface area contributed by atoms with Crippen molar-refractivity contribution in [1.29, 1.82) is 0 Å². The summed E-state index contributed by atoms with van der Waals surface area (Å²) in [4.78, 5) is 22.5. The molecule has 0 saturated heterocycles. The Morgan fingerprint density at radius 3 is 2.58 bits per heavy atom. The molecule has 1 aliphatic carbocycles. The van der Waals surface area contributed by atoms with Crippen LogP contribution < -0.4 is 11.1 Å². The Labute approximate surface area is 143 Å². The number of aromatic nitrogens is 2. The molecular formula is C18H18N4OS. The molecule has 6 heteroatoms. The Kier molecular flexibility index (Phi) is 3.49. The number of fused-ring (bicyclic) bond motifs is 1. The van der Waals surface area contributed by atoms with Crippen molar-refractivity contribution in [3.8, 4) is 11.3 Å². The van der Waals surface area contributed by atoms with Gasteiger partial charge in [0.2, 0.25) is 5.95 Å². The van der Waals surface area contributed by atoms with Crippen molar-refractivity contribution in [3.63, 3.8) is 0 Å². The second-order valence-electron chi connectivity index (χ2n) is 6.26. The van der Waals surface area contributed by atoms with Crippen LogP contribution in [0.1, 0.15) is 35.0 Å². The number of Topliss-reactive ketones (excluding diaryl/α,β-unsaturated/α-hetero) is 1. The summed E-state index contributed by atoms with van der Waals surface area (Å²) < 4.78 is 0. The number of hydrogen-bond donors (Lipinski definition) is 2. The molecule has 1 aromatic carbocycles. The second kappa shape index (κ2) is 5.56. The first-order valence-electron chi connectivity index (χ1n) is 7.97. The molecule has 3 aromatic rings. The topological polar surface area (TPSA) is 80.9 Å². The Balaban J connectivity index is 1.96. The van der Waals surface area contributed by atoms with Gasteiger partial charge in [-0.1, -0.05) is 29.8 Å². The lowest BCUT2D eigenvalue weighted by atomic mass is 10.1. The fourth-order valence-corrected chi connectivity index (χ4v) is 3.67. The molecular weight excluding hydrogens is 320 g/mol. The molecule has 122 valence electrons. The standard InChI is InChI=1S/C18H18N4OS/c1-9-3-5-11(6-4-9)15-13-14(19)16(10(2)23)24-17(13)22-18(21-15)20-12-7-8-12/h3-6,12H,7-8,19H2,1-2H3,(H,20,21,22). The fraction of sp³-hybridized carbons (Fsp3) is 0.278. The van der Waals surface area contributed by atoms with Crippen molar-refractivity contribution in [2.24, 2.45) is 0 Å². The Hall–Kier alpha value is -2.47. The first-order valence-corrected chi connectivity index (χ1v) is 8.79. The van der Waals surface area contributed by atoms with E-state index in [2.05, 4.69) is 10.3 Å². The van der Waals surface area contributed by atoms with Gasteiger partial charge in [0, 0.05) is 18.5 Å². The zero-order valence-corrected chi connectivity index (χ0v) is 14.4. The Morgan fingerprint density at radius 1 is 1.25 bits per heavy atom. The zero-order chi connectivity index (χ0) is 16.8. The summed E-state index contributed by atoms with van der Waals surface area (Å²) in [6.07, 6.45) is 2.29. The summed E-state index contributed by atoms with van der Waals surface area (Å²) >= 11 is 1.34. The summed E-state index contributed by atoms with van der Waals surface area (Å²) in [5.74, 6) is 0.569. The highest BCUT2D eigenvalue weighted by molar-refractivity contribution is 7.21. The fourth-order valence-electron chi connectivity index (χ4n) is 2.68. The lowest BCUT2D eigenvalue weighted by Gasteiger charge is -2.08. The number of aryl methyl sites for hydroxylation is 1. The quantitative estimate of drug-likeness (QED) is 0.702. The molecule has 0 spiro atoms. The van der Waals surface area contributed by atoms with Crippen molar-refractivity contribution in [2.45, 2.75) is 32.7 Å². The molecule has 0 radical (unpaired) electrons. The Bertz CT molecular complexity index is 942. The highest BCUT2D eigenvalue weighted by Crippen LogP contribution is 2.39. The van der Waals surface area contributed by atoms with Crippen LogP contribution in [0.25, 0.3) is 21.5 Å². The molecule has 0 aliphatic heterocycles. The number of carbonyl (C=O) groups is 1. The minimum Gasteiger partial charge on any atom is -0.397 e. The van der Waals surface area contributed by atoms with Crippen LogP contribution in [-0.4, -0.2) is 21.8 Å². The van der Waals surface area contributed by atoms with Crippen LogP contribution in [0, 0.1) is 6.92 Å². The van der Waals surface area contributed by atoms with Gasteiger partial charge in [-0.25, -0.2) is 9.97 Å². The molecule has 24 heavy (non-hydrogen) atoms. The average molecular weight is 338 g/mol. The lowest BCUT2D eigenvalue weighted by molar-refractivity contribution is 0.102. The summed E-state index contributed by atoms with van der Waals surface area (Å²) in [5.41, 5.74) is 9.69. The molecule has 1 saturated carbocycles.